The van der Waals surface area contributed by atoms with Crippen molar-refractivity contribution < 1.29 is 9.47 Å². The van der Waals surface area contributed by atoms with Crippen molar-refractivity contribution in [3.05, 3.63) is 89.7 Å². The third-order valence-corrected chi connectivity index (χ3v) is 3.91. The second-order valence-electron chi connectivity index (χ2n) is 5.48. The van der Waals surface area contributed by atoms with E-state index < -0.39 is 0 Å². The van der Waals surface area contributed by atoms with Crippen molar-refractivity contribution in [1.29, 1.82) is 0 Å². The summed E-state index contributed by atoms with van der Waals surface area (Å²) in [4.78, 5) is 9.08. The molecule has 0 bridgehead atoms. The zero-order valence-electron chi connectivity index (χ0n) is 14.3. The zero-order valence-corrected chi connectivity index (χ0v) is 14.3. The van der Waals surface area contributed by atoms with Gasteiger partial charge in [-0.05, 0) is 47.5 Å². The Bertz CT molecular complexity index is 765. The maximum Gasteiger partial charge on any atom is 0.118 e. The van der Waals surface area contributed by atoms with Gasteiger partial charge in [0.05, 0.1) is 26.0 Å². The molecule has 4 nitrogen and oxygen atoms in total. The van der Waals surface area contributed by atoms with Gasteiger partial charge in [0.2, 0.25) is 0 Å². The van der Waals surface area contributed by atoms with Crippen LogP contribution in [0, 0.1) is 0 Å². The van der Waals surface area contributed by atoms with Crippen LogP contribution in [0.3, 0.4) is 0 Å². The Hall–Kier alpha value is -3.14. The molecule has 0 fully saturated rings. The lowest BCUT2D eigenvalue weighted by Crippen LogP contribution is -2.00. The smallest absolute Gasteiger partial charge is 0.118 e. The number of hydrogen-bond donors (Lipinski definition) is 0. The SMILES string of the molecule is COc1ccc(C(N=Cc2ccccn2)c2ccc(OC)cc2)cc1. The fourth-order valence-electron chi connectivity index (χ4n) is 2.54. The zero-order chi connectivity index (χ0) is 17.5. The molecule has 3 aromatic rings. The van der Waals surface area contributed by atoms with Gasteiger partial charge in [-0.25, -0.2) is 0 Å². The fraction of sp³-hybridized carbons (Fsp3) is 0.143. The van der Waals surface area contributed by atoms with Crippen molar-refractivity contribution in [2.45, 2.75) is 6.04 Å². The van der Waals surface area contributed by atoms with Gasteiger partial charge in [-0.1, -0.05) is 30.3 Å². The van der Waals surface area contributed by atoms with Crippen molar-refractivity contribution in [2.75, 3.05) is 14.2 Å². The van der Waals surface area contributed by atoms with Crippen molar-refractivity contribution in [1.82, 2.24) is 4.98 Å². The number of rotatable bonds is 6. The van der Waals surface area contributed by atoms with Crippen LogP contribution in [-0.2, 0) is 0 Å². The van der Waals surface area contributed by atoms with E-state index in [1.807, 2.05) is 66.7 Å². The number of pyridine rings is 1. The molecule has 126 valence electrons. The van der Waals surface area contributed by atoms with Crippen molar-refractivity contribution >= 4 is 6.21 Å². The molecule has 0 N–H and O–H groups in total. The molecular formula is C21H20N2O2. The maximum atomic E-state index is 5.25. The summed E-state index contributed by atoms with van der Waals surface area (Å²) < 4.78 is 10.5. The molecule has 0 spiro atoms. The molecule has 0 atom stereocenters. The molecule has 0 saturated heterocycles. The number of aromatic nitrogens is 1. The first-order valence-corrected chi connectivity index (χ1v) is 8.02. The number of methoxy groups -OCH3 is 2. The van der Waals surface area contributed by atoms with Crippen LogP contribution in [0.15, 0.2) is 77.9 Å². The van der Waals surface area contributed by atoms with E-state index in [2.05, 4.69) is 4.98 Å². The van der Waals surface area contributed by atoms with E-state index >= 15 is 0 Å². The summed E-state index contributed by atoms with van der Waals surface area (Å²) in [5.74, 6) is 1.65. The first-order chi connectivity index (χ1) is 12.3. The van der Waals surface area contributed by atoms with Crippen molar-refractivity contribution in [3.63, 3.8) is 0 Å². The van der Waals surface area contributed by atoms with Gasteiger partial charge in [0.25, 0.3) is 0 Å². The van der Waals surface area contributed by atoms with Gasteiger partial charge in [0.1, 0.15) is 11.5 Å². The minimum absolute atomic E-state index is 0.126. The van der Waals surface area contributed by atoms with Crippen LogP contribution in [0.25, 0.3) is 0 Å². The van der Waals surface area contributed by atoms with Crippen LogP contribution in [0.2, 0.25) is 0 Å². The molecule has 3 rings (SSSR count). The maximum absolute atomic E-state index is 5.25. The lowest BCUT2D eigenvalue weighted by atomic mass is 9.99. The number of hydrogen-bond acceptors (Lipinski definition) is 4. The van der Waals surface area contributed by atoms with Crippen molar-refractivity contribution in [3.8, 4) is 11.5 Å². The summed E-state index contributed by atoms with van der Waals surface area (Å²) in [6.45, 7) is 0. The number of aliphatic imine (C=N–C) groups is 1. The summed E-state index contributed by atoms with van der Waals surface area (Å²) >= 11 is 0. The highest BCUT2D eigenvalue weighted by molar-refractivity contribution is 5.77. The molecule has 0 aliphatic rings. The topological polar surface area (TPSA) is 43.7 Å². The van der Waals surface area contributed by atoms with Crippen LogP contribution < -0.4 is 9.47 Å². The largest absolute Gasteiger partial charge is 0.497 e. The van der Waals surface area contributed by atoms with E-state index in [4.69, 9.17) is 14.5 Å². The van der Waals surface area contributed by atoms with Gasteiger partial charge in [0, 0.05) is 12.4 Å². The van der Waals surface area contributed by atoms with E-state index in [9.17, 15) is 0 Å². The van der Waals surface area contributed by atoms with E-state index in [0.29, 0.717) is 0 Å². The van der Waals surface area contributed by atoms with Crippen molar-refractivity contribution in [2.24, 2.45) is 4.99 Å². The third kappa shape index (κ3) is 4.23. The number of benzene rings is 2. The predicted molar refractivity (Wildman–Crippen MR) is 99.7 cm³/mol. The third-order valence-electron chi connectivity index (χ3n) is 3.91. The van der Waals surface area contributed by atoms with E-state index in [1.54, 1.807) is 26.6 Å². The lowest BCUT2D eigenvalue weighted by molar-refractivity contribution is 0.414. The fourth-order valence-corrected chi connectivity index (χ4v) is 2.54. The first kappa shape index (κ1) is 16.7. The number of ether oxygens (including phenoxy) is 2. The molecule has 0 aliphatic heterocycles. The van der Waals surface area contributed by atoms with Gasteiger partial charge < -0.3 is 9.47 Å². The van der Waals surface area contributed by atoms with Gasteiger partial charge in [0.15, 0.2) is 0 Å². The Morgan fingerprint density at radius 3 is 1.80 bits per heavy atom. The molecule has 0 saturated carbocycles. The highest BCUT2D eigenvalue weighted by Gasteiger charge is 2.13. The van der Waals surface area contributed by atoms with Gasteiger partial charge in [-0.15, -0.1) is 0 Å². The summed E-state index contributed by atoms with van der Waals surface area (Å²) in [6.07, 6.45) is 3.57. The standard InChI is InChI=1S/C21H20N2O2/c1-24-19-10-6-16(7-11-19)21(17-8-12-20(25-2)13-9-17)23-15-18-5-3-4-14-22-18/h3-15,21H,1-2H3. The van der Waals surface area contributed by atoms with Gasteiger partial charge >= 0.3 is 0 Å². The van der Waals surface area contributed by atoms with Gasteiger partial charge in [-0.3, -0.25) is 9.98 Å². The molecule has 0 amide bonds. The molecule has 4 heteroatoms. The Morgan fingerprint density at radius 2 is 1.36 bits per heavy atom. The molecule has 1 heterocycles. The number of nitrogens with zero attached hydrogens (tertiary/aromatic N) is 2. The summed E-state index contributed by atoms with van der Waals surface area (Å²) in [5.41, 5.74) is 2.99. The van der Waals surface area contributed by atoms with E-state index in [1.165, 1.54) is 0 Å². The summed E-state index contributed by atoms with van der Waals surface area (Å²) in [5, 5.41) is 0. The molecule has 0 unspecified atom stereocenters. The normalized spacial score (nSPS) is 11.0. The molecule has 0 aliphatic carbocycles. The predicted octanol–water partition coefficient (Wildman–Crippen LogP) is 4.31. The minimum atomic E-state index is -0.126. The highest BCUT2D eigenvalue weighted by atomic mass is 16.5. The first-order valence-electron chi connectivity index (χ1n) is 8.02. The summed E-state index contributed by atoms with van der Waals surface area (Å²) in [6, 6.07) is 21.6. The Kier molecular flexibility index (Phi) is 5.42. The van der Waals surface area contributed by atoms with Crippen LogP contribution in [0.5, 0.6) is 11.5 Å². The second kappa shape index (κ2) is 8.11. The lowest BCUT2D eigenvalue weighted by Gasteiger charge is -2.14. The molecule has 25 heavy (non-hydrogen) atoms. The Balaban J connectivity index is 1.95. The van der Waals surface area contributed by atoms with E-state index in [0.717, 1.165) is 28.3 Å². The molecule has 2 aromatic carbocycles. The summed E-state index contributed by atoms with van der Waals surface area (Å²) in [7, 11) is 3.32. The molecule has 0 radical (unpaired) electrons. The van der Waals surface area contributed by atoms with Crippen LogP contribution in [0.1, 0.15) is 22.9 Å². The minimum Gasteiger partial charge on any atom is -0.497 e. The average molecular weight is 332 g/mol. The van der Waals surface area contributed by atoms with Crippen LogP contribution >= 0.6 is 0 Å². The quantitative estimate of drug-likeness (QED) is 0.632. The van der Waals surface area contributed by atoms with E-state index in [-0.39, 0.29) is 6.04 Å². The highest BCUT2D eigenvalue weighted by Crippen LogP contribution is 2.29. The molecular weight excluding hydrogens is 312 g/mol. The van der Waals surface area contributed by atoms with Crippen LogP contribution in [-0.4, -0.2) is 25.4 Å². The monoisotopic (exact) mass is 332 g/mol. The van der Waals surface area contributed by atoms with Gasteiger partial charge in [-0.2, -0.15) is 0 Å². The van der Waals surface area contributed by atoms with Crippen LogP contribution in [0.4, 0.5) is 0 Å². The molecule has 1 aromatic heterocycles. The average Bonchev–Trinajstić information content (AvgIpc) is 2.70. The Labute approximate surface area is 147 Å². The Morgan fingerprint density at radius 1 is 0.800 bits per heavy atom. The second-order valence-corrected chi connectivity index (χ2v) is 5.48.